The van der Waals surface area contributed by atoms with Gasteiger partial charge in [0.2, 0.25) is 0 Å². The van der Waals surface area contributed by atoms with Crippen LogP contribution in [0.5, 0.6) is 5.75 Å². The predicted molar refractivity (Wildman–Crippen MR) is 71.3 cm³/mol. The second-order valence-corrected chi connectivity index (χ2v) is 4.90. The number of halogens is 2. The number of amides is 1. The molecule has 1 amide bonds. The molecule has 0 unspecified atom stereocenters. The summed E-state index contributed by atoms with van der Waals surface area (Å²) < 4.78 is 17.9. The van der Waals surface area contributed by atoms with E-state index in [1.165, 1.54) is 6.07 Å². The Kier molecular flexibility index (Phi) is 5.76. The van der Waals surface area contributed by atoms with Gasteiger partial charge in [0, 0.05) is 0 Å². The van der Waals surface area contributed by atoms with Crippen LogP contribution in [-0.4, -0.2) is 29.6 Å². The van der Waals surface area contributed by atoms with Gasteiger partial charge in [-0.3, -0.25) is 4.79 Å². The van der Waals surface area contributed by atoms with Gasteiger partial charge in [-0.05, 0) is 24.1 Å². The lowest BCUT2D eigenvalue weighted by Crippen LogP contribution is -2.46. The summed E-state index contributed by atoms with van der Waals surface area (Å²) in [7, 11) is 0. The minimum Gasteiger partial charge on any atom is -0.482 e. The minimum absolute atomic E-state index is 0.0384. The zero-order valence-corrected chi connectivity index (χ0v) is 11.8. The quantitative estimate of drug-likeness (QED) is 0.843. The van der Waals surface area contributed by atoms with Crippen molar-refractivity contribution in [2.24, 2.45) is 5.92 Å². The smallest absolute Gasteiger partial charge is 0.326 e. The molecule has 1 aromatic rings. The number of aliphatic carboxylic acids is 1. The first-order chi connectivity index (χ1) is 9.31. The second-order valence-electron chi connectivity index (χ2n) is 4.49. The fraction of sp³-hybridized carbons (Fsp3) is 0.385. The maximum Gasteiger partial charge on any atom is 0.326 e. The van der Waals surface area contributed by atoms with Crippen molar-refractivity contribution in [1.29, 1.82) is 0 Å². The third kappa shape index (κ3) is 4.70. The Morgan fingerprint density at radius 3 is 2.60 bits per heavy atom. The highest BCUT2D eigenvalue weighted by Crippen LogP contribution is 2.24. The lowest BCUT2D eigenvalue weighted by atomic mass is 10.1. The Labute approximate surface area is 120 Å². The Hall–Kier alpha value is -1.82. The number of rotatable bonds is 6. The summed E-state index contributed by atoms with van der Waals surface area (Å²) in [5, 5.41) is 11.3. The number of carbonyl (C=O) groups excluding carboxylic acids is 1. The first kappa shape index (κ1) is 16.2. The first-order valence-corrected chi connectivity index (χ1v) is 6.29. The summed E-state index contributed by atoms with van der Waals surface area (Å²) in [6.07, 6.45) is 0. The number of benzene rings is 1. The first-order valence-electron chi connectivity index (χ1n) is 5.91. The lowest BCUT2D eigenvalue weighted by Gasteiger charge is -2.18. The average molecular weight is 304 g/mol. The molecule has 0 aromatic heterocycles. The second kappa shape index (κ2) is 7.09. The van der Waals surface area contributed by atoms with E-state index in [4.69, 9.17) is 21.4 Å². The molecule has 1 aromatic carbocycles. The van der Waals surface area contributed by atoms with E-state index >= 15 is 0 Å². The van der Waals surface area contributed by atoms with Gasteiger partial charge in [-0.1, -0.05) is 25.4 Å². The number of nitrogens with one attached hydrogen (secondary N) is 1. The SMILES string of the molecule is CC(C)[C@H](NC(=O)COc1ccc(F)cc1Cl)C(=O)O. The van der Waals surface area contributed by atoms with E-state index in [-0.39, 0.29) is 16.7 Å². The molecule has 1 rings (SSSR count). The molecule has 5 nitrogen and oxygen atoms in total. The number of carboxylic acids is 1. The minimum atomic E-state index is -1.12. The third-order valence-corrected chi connectivity index (χ3v) is 2.80. The molecule has 0 spiro atoms. The van der Waals surface area contributed by atoms with Gasteiger partial charge in [0.15, 0.2) is 6.61 Å². The molecule has 7 heteroatoms. The molecule has 20 heavy (non-hydrogen) atoms. The van der Waals surface area contributed by atoms with Crippen LogP contribution in [0, 0.1) is 11.7 Å². The zero-order chi connectivity index (χ0) is 15.3. The van der Waals surface area contributed by atoms with E-state index in [1.807, 2.05) is 0 Å². The van der Waals surface area contributed by atoms with Crippen LogP contribution in [0.4, 0.5) is 4.39 Å². The molecular formula is C13H15ClFNO4. The number of carboxylic acid groups (broad SMARTS) is 1. The monoisotopic (exact) mass is 303 g/mol. The van der Waals surface area contributed by atoms with Crippen molar-refractivity contribution >= 4 is 23.5 Å². The third-order valence-electron chi connectivity index (χ3n) is 2.50. The van der Waals surface area contributed by atoms with Crippen LogP contribution in [0.2, 0.25) is 5.02 Å². The van der Waals surface area contributed by atoms with Gasteiger partial charge in [0.25, 0.3) is 5.91 Å². The summed E-state index contributed by atoms with van der Waals surface area (Å²) in [5.41, 5.74) is 0. The maximum absolute atomic E-state index is 12.8. The van der Waals surface area contributed by atoms with Crippen LogP contribution in [0.25, 0.3) is 0 Å². The summed E-state index contributed by atoms with van der Waals surface area (Å²) >= 11 is 5.73. The van der Waals surface area contributed by atoms with Crippen LogP contribution in [0.3, 0.4) is 0 Å². The Morgan fingerprint density at radius 1 is 1.45 bits per heavy atom. The van der Waals surface area contributed by atoms with Gasteiger partial charge < -0.3 is 15.2 Å². The van der Waals surface area contributed by atoms with Crippen LogP contribution < -0.4 is 10.1 Å². The lowest BCUT2D eigenvalue weighted by molar-refractivity contribution is -0.143. The molecule has 0 saturated heterocycles. The van der Waals surface area contributed by atoms with Crippen LogP contribution in [-0.2, 0) is 9.59 Å². The highest BCUT2D eigenvalue weighted by atomic mass is 35.5. The van der Waals surface area contributed by atoms with E-state index in [1.54, 1.807) is 13.8 Å². The molecule has 0 aliphatic carbocycles. The van der Waals surface area contributed by atoms with Crippen molar-refractivity contribution in [1.82, 2.24) is 5.32 Å². The van der Waals surface area contributed by atoms with E-state index in [0.29, 0.717) is 0 Å². The van der Waals surface area contributed by atoms with Crippen molar-refractivity contribution in [2.75, 3.05) is 6.61 Å². The van der Waals surface area contributed by atoms with Gasteiger partial charge in [-0.2, -0.15) is 0 Å². The summed E-state index contributed by atoms with van der Waals surface area (Å²) in [6, 6.07) is 2.51. The van der Waals surface area contributed by atoms with Gasteiger partial charge in [-0.25, -0.2) is 9.18 Å². The van der Waals surface area contributed by atoms with Crippen molar-refractivity contribution in [3.63, 3.8) is 0 Å². The van der Waals surface area contributed by atoms with Gasteiger partial charge in [-0.15, -0.1) is 0 Å². The van der Waals surface area contributed by atoms with Gasteiger partial charge in [0.05, 0.1) is 5.02 Å². The fourth-order valence-electron chi connectivity index (χ4n) is 1.46. The van der Waals surface area contributed by atoms with E-state index in [9.17, 15) is 14.0 Å². The maximum atomic E-state index is 12.8. The zero-order valence-electron chi connectivity index (χ0n) is 11.0. The summed E-state index contributed by atoms with van der Waals surface area (Å²) in [6.45, 7) is 2.95. The molecular weight excluding hydrogens is 289 g/mol. The van der Waals surface area contributed by atoms with Crippen molar-refractivity contribution in [2.45, 2.75) is 19.9 Å². The van der Waals surface area contributed by atoms with Gasteiger partial charge in [0.1, 0.15) is 17.6 Å². The Bertz CT molecular complexity index is 507. The molecule has 110 valence electrons. The molecule has 0 heterocycles. The van der Waals surface area contributed by atoms with E-state index in [0.717, 1.165) is 12.1 Å². The fourth-order valence-corrected chi connectivity index (χ4v) is 1.69. The molecule has 0 aliphatic heterocycles. The van der Waals surface area contributed by atoms with Crippen LogP contribution in [0.15, 0.2) is 18.2 Å². The molecule has 0 saturated carbocycles. The molecule has 1 atom stereocenters. The van der Waals surface area contributed by atoms with Crippen molar-refractivity contribution in [3.05, 3.63) is 29.0 Å². The topological polar surface area (TPSA) is 75.6 Å². The highest BCUT2D eigenvalue weighted by molar-refractivity contribution is 6.32. The van der Waals surface area contributed by atoms with E-state index < -0.39 is 30.3 Å². The normalized spacial score (nSPS) is 12.1. The average Bonchev–Trinajstić information content (AvgIpc) is 2.34. The Morgan fingerprint density at radius 2 is 2.10 bits per heavy atom. The largest absolute Gasteiger partial charge is 0.482 e. The summed E-state index contributed by atoms with van der Waals surface area (Å²) in [4.78, 5) is 22.5. The van der Waals surface area contributed by atoms with Crippen molar-refractivity contribution < 1.29 is 23.8 Å². The van der Waals surface area contributed by atoms with Crippen molar-refractivity contribution in [3.8, 4) is 5.75 Å². The summed E-state index contributed by atoms with van der Waals surface area (Å²) in [5.74, 6) is -2.33. The highest BCUT2D eigenvalue weighted by Gasteiger charge is 2.23. The number of hydrogen-bond donors (Lipinski definition) is 2. The van der Waals surface area contributed by atoms with Crippen LogP contribution in [0.1, 0.15) is 13.8 Å². The molecule has 0 aliphatic rings. The number of ether oxygens (including phenoxy) is 1. The predicted octanol–water partition coefficient (Wildman–Crippen LogP) is 2.08. The number of carbonyl (C=O) groups is 2. The molecule has 0 fully saturated rings. The Balaban J connectivity index is 2.57. The molecule has 2 N–H and O–H groups in total. The molecule has 0 radical (unpaired) electrons. The van der Waals surface area contributed by atoms with Gasteiger partial charge >= 0.3 is 5.97 Å². The molecule has 0 bridgehead atoms. The van der Waals surface area contributed by atoms with E-state index in [2.05, 4.69) is 5.32 Å². The standard InChI is InChI=1S/C13H15ClFNO4/c1-7(2)12(13(18)19)16-11(17)6-20-10-4-3-8(15)5-9(10)14/h3-5,7,12H,6H2,1-2H3,(H,16,17)(H,18,19)/t12-/m0/s1. The number of hydrogen-bond acceptors (Lipinski definition) is 3. The van der Waals surface area contributed by atoms with Crippen LogP contribution >= 0.6 is 11.6 Å².